The average Bonchev–Trinajstić information content (AvgIpc) is 2.53. The summed E-state index contributed by atoms with van der Waals surface area (Å²) in [6, 6.07) is 12.3. The number of sulfonamides is 1. The van der Waals surface area contributed by atoms with E-state index < -0.39 is 15.9 Å². The Morgan fingerprint density at radius 3 is 2.52 bits per heavy atom. The molecule has 0 radical (unpaired) electrons. The van der Waals surface area contributed by atoms with Gasteiger partial charge in [0, 0.05) is 16.0 Å². The number of aryl methyl sites for hydroxylation is 1. The summed E-state index contributed by atoms with van der Waals surface area (Å²) in [5.74, 6) is -0.411. The highest BCUT2D eigenvalue weighted by Crippen LogP contribution is 2.24. The Kier molecular flexibility index (Phi) is 6.48. The van der Waals surface area contributed by atoms with Gasteiger partial charge in [-0.2, -0.15) is 0 Å². The zero-order chi connectivity index (χ0) is 18.6. The smallest absolute Gasteiger partial charge is 0.241 e. The maximum Gasteiger partial charge on any atom is 0.241 e. The van der Waals surface area contributed by atoms with Crippen molar-refractivity contribution in [3.8, 4) is 0 Å². The minimum absolute atomic E-state index is 0.232. The molecule has 0 aliphatic heterocycles. The summed E-state index contributed by atoms with van der Waals surface area (Å²) in [4.78, 5) is 12.2. The Bertz CT molecular complexity index is 887. The van der Waals surface area contributed by atoms with Crippen molar-refractivity contribution < 1.29 is 13.2 Å². The first-order valence-electron chi connectivity index (χ1n) is 7.42. The average molecular weight is 446 g/mol. The van der Waals surface area contributed by atoms with Crippen LogP contribution in [0.5, 0.6) is 0 Å². The number of carbonyl (C=O) groups excluding carboxylic acids is 1. The highest BCUT2D eigenvalue weighted by molar-refractivity contribution is 9.10. The molecule has 0 bridgehead atoms. The lowest BCUT2D eigenvalue weighted by Gasteiger charge is -2.22. The number of halogens is 2. The van der Waals surface area contributed by atoms with Crippen LogP contribution in [0.3, 0.4) is 0 Å². The number of benzene rings is 2. The van der Waals surface area contributed by atoms with Crippen LogP contribution in [-0.2, 0) is 21.4 Å². The van der Waals surface area contributed by atoms with Crippen LogP contribution in [0.2, 0.25) is 5.02 Å². The van der Waals surface area contributed by atoms with Crippen molar-refractivity contribution in [2.45, 2.75) is 13.5 Å². The molecule has 8 heteroatoms. The number of hydrogen-bond donors (Lipinski definition) is 1. The lowest BCUT2D eigenvalue weighted by Crippen LogP contribution is -2.40. The van der Waals surface area contributed by atoms with Gasteiger partial charge in [0.15, 0.2) is 0 Å². The van der Waals surface area contributed by atoms with Crippen LogP contribution in [-0.4, -0.2) is 27.1 Å². The fourth-order valence-electron chi connectivity index (χ4n) is 2.21. The summed E-state index contributed by atoms with van der Waals surface area (Å²) in [7, 11) is -3.60. The van der Waals surface area contributed by atoms with Crippen molar-refractivity contribution in [2.75, 3.05) is 17.1 Å². The van der Waals surface area contributed by atoms with Gasteiger partial charge >= 0.3 is 0 Å². The van der Waals surface area contributed by atoms with Crippen LogP contribution in [0.4, 0.5) is 5.69 Å². The summed E-state index contributed by atoms with van der Waals surface area (Å²) >= 11 is 9.43. The molecule has 5 nitrogen and oxygen atoms in total. The number of carbonyl (C=O) groups is 1. The highest BCUT2D eigenvalue weighted by Gasteiger charge is 2.21. The van der Waals surface area contributed by atoms with Crippen LogP contribution >= 0.6 is 27.5 Å². The van der Waals surface area contributed by atoms with E-state index in [2.05, 4.69) is 21.2 Å². The fraction of sp³-hybridized carbons (Fsp3) is 0.235. The summed E-state index contributed by atoms with van der Waals surface area (Å²) in [6.07, 6.45) is 1.08. The number of hydrogen-bond acceptors (Lipinski definition) is 3. The normalized spacial score (nSPS) is 11.2. The van der Waals surface area contributed by atoms with Crippen LogP contribution < -0.4 is 9.62 Å². The molecule has 0 atom stereocenters. The largest absolute Gasteiger partial charge is 0.350 e. The first-order valence-corrected chi connectivity index (χ1v) is 10.4. The molecule has 2 aromatic carbocycles. The molecule has 2 aromatic rings. The lowest BCUT2D eigenvalue weighted by molar-refractivity contribution is -0.119. The molecule has 0 heterocycles. The third-order valence-corrected chi connectivity index (χ3v) is 5.95. The van der Waals surface area contributed by atoms with Gasteiger partial charge in [-0.05, 0) is 42.3 Å². The monoisotopic (exact) mass is 444 g/mol. The van der Waals surface area contributed by atoms with Crippen molar-refractivity contribution in [3.63, 3.8) is 0 Å². The minimum atomic E-state index is -3.60. The molecule has 0 saturated heterocycles. The first kappa shape index (κ1) is 19.8. The number of nitrogens with zero attached hydrogens (tertiary/aromatic N) is 1. The predicted molar refractivity (Wildman–Crippen MR) is 104 cm³/mol. The predicted octanol–water partition coefficient (Wildman–Crippen LogP) is 3.49. The van der Waals surface area contributed by atoms with Gasteiger partial charge in [0.25, 0.3) is 0 Å². The third-order valence-electron chi connectivity index (χ3n) is 3.55. The molecule has 0 fully saturated rings. The number of amides is 1. The minimum Gasteiger partial charge on any atom is -0.350 e. The van der Waals surface area contributed by atoms with Crippen LogP contribution in [0.15, 0.2) is 46.9 Å². The van der Waals surface area contributed by atoms with Crippen molar-refractivity contribution in [2.24, 2.45) is 0 Å². The quantitative estimate of drug-likeness (QED) is 0.740. The van der Waals surface area contributed by atoms with Gasteiger partial charge in [-0.15, -0.1) is 0 Å². The molecule has 0 aliphatic carbocycles. The van der Waals surface area contributed by atoms with Crippen molar-refractivity contribution >= 4 is 49.1 Å². The van der Waals surface area contributed by atoms with E-state index in [9.17, 15) is 13.2 Å². The Morgan fingerprint density at radius 1 is 1.24 bits per heavy atom. The number of nitrogens with one attached hydrogen (secondary N) is 1. The van der Waals surface area contributed by atoms with Gasteiger partial charge in [-0.1, -0.05) is 45.7 Å². The second kappa shape index (κ2) is 8.21. The maximum absolute atomic E-state index is 12.2. The van der Waals surface area contributed by atoms with Crippen LogP contribution in [0.25, 0.3) is 0 Å². The number of rotatable bonds is 6. The molecule has 1 amide bonds. The van der Waals surface area contributed by atoms with Crippen LogP contribution in [0, 0.1) is 6.92 Å². The van der Waals surface area contributed by atoms with E-state index >= 15 is 0 Å². The molecule has 0 aromatic heterocycles. The Hall–Kier alpha value is -1.57. The molecule has 0 saturated carbocycles. The summed E-state index contributed by atoms with van der Waals surface area (Å²) < 4.78 is 26.2. The highest BCUT2D eigenvalue weighted by atomic mass is 79.9. The molecule has 2 rings (SSSR count). The summed E-state index contributed by atoms with van der Waals surface area (Å²) in [5.41, 5.74) is 2.08. The topological polar surface area (TPSA) is 66.5 Å². The Morgan fingerprint density at radius 2 is 1.92 bits per heavy atom. The van der Waals surface area contributed by atoms with Gasteiger partial charge in [-0.3, -0.25) is 9.10 Å². The molecule has 0 unspecified atom stereocenters. The van der Waals surface area contributed by atoms with E-state index in [1.54, 1.807) is 36.4 Å². The van der Waals surface area contributed by atoms with Gasteiger partial charge < -0.3 is 5.32 Å². The van der Waals surface area contributed by atoms with E-state index in [4.69, 9.17) is 11.6 Å². The standard InChI is InChI=1S/C17H18BrClN2O3S/c1-12-9-14(7-8-15(12)18)21(25(2,23)24)11-17(22)20-10-13-5-3-4-6-16(13)19/h3-9H,10-11H2,1-2H3,(H,20,22). The van der Waals surface area contributed by atoms with E-state index in [1.165, 1.54) is 0 Å². The molecular weight excluding hydrogens is 428 g/mol. The lowest BCUT2D eigenvalue weighted by atomic mass is 10.2. The second-order valence-electron chi connectivity index (χ2n) is 5.57. The van der Waals surface area contributed by atoms with Gasteiger partial charge in [0.05, 0.1) is 11.9 Å². The third kappa shape index (κ3) is 5.45. The zero-order valence-corrected chi connectivity index (χ0v) is 17.0. The molecule has 25 heavy (non-hydrogen) atoms. The van der Waals surface area contributed by atoms with E-state index in [1.807, 2.05) is 13.0 Å². The molecule has 0 aliphatic rings. The van der Waals surface area contributed by atoms with Crippen molar-refractivity contribution in [1.29, 1.82) is 0 Å². The van der Waals surface area contributed by atoms with Crippen molar-refractivity contribution in [1.82, 2.24) is 5.32 Å². The van der Waals surface area contributed by atoms with E-state index in [-0.39, 0.29) is 13.1 Å². The van der Waals surface area contributed by atoms with Gasteiger partial charge in [-0.25, -0.2) is 8.42 Å². The fourth-order valence-corrected chi connectivity index (χ4v) is 3.50. The summed E-state index contributed by atoms with van der Waals surface area (Å²) in [6.45, 7) is 1.78. The van der Waals surface area contributed by atoms with E-state index in [0.717, 1.165) is 26.2 Å². The molecule has 0 spiro atoms. The molecular formula is C17H18BrClN2O3S. The molecule has 134 valence electrons. The zero-order valence-electron chi connectivity index (χ0n) is 13.8. The second-order valence-corrected chi connectivity index (χ2v) is 8.74. The Labute approximate surface area is 161 Å². The van der Waals surface area contributed by atoms with E-state index in [0.29, 0.717) is 10.7 Å². The first-order chi connectivity index (χ1) is 11.7. The molecule has 1 N–H and O–H groups in total. The SMILES string of the molecule is Cc1cc(N(CC(=O)NCc2ccccc2Cl)S(C)(=O)=O)ccc1Br. The maximum atomic E-state index is 12.2. The van der Waals surface area contributed by atoms with Crippen molar-refractivity contribution in [3.05, 3.63) is 63.1 Å². The number of anilines is 1. The van der Waals surface area contributed by atoms with Gasteiger partial charge in [0.1, 0.15) is 6.54 Å². The Balaban J connectivity index is 2.13. The van der Waals surface area contributed by atoms with Gasteiger partial charge in [0.2, 0.25) is 15.9 Å². The summed E-state index contributed by atoms with van der Waals surface area (Å²) in [5, 5.41) is 3.25. The van der Waals surface area contributed by atoms with Crippen LogP contribution in [0.1, 0.15) is 11.1 Å².